The highest BCUT2D eigenvalue weighted by atomic mass is 35.5. The van der Waals surface area contributed by atoms with E-state index in [1.807, 2.05) is 0 Å². The van der Waals surface area contributed by atoms with Crippen LogP contribution in [0.3, 0.4) is 0 Å². The molecule has 0 atom stereocenters. The van der Waals surface area contributed by atoms with Crippen LogP contribution in [0.4, 0.5) is 5.69 Å². The van der Waals surface area contributed by atoms with Crippen molar-refractivity contribution in [1.29, 1.82) is 0 Å². The van der Waals surface area contributed by atoms with Gasteiger partial charge in [-0.1, -0.05) is 23.2 Å². The molecule has 0 unspecified atom stereocenters. The molecule has 0 spiro atoms. The van der Waals surface area contributed by atoms with Gasteiger partial charge in [-0.2, -0.15) is 0 Å². The first-order chi connectivity index (χ1) is 11.0. The molecule has 1 N–H and O–H groups in total. The Bertz CT molecular complexity index is 906. The Morgan fingerprint density at radius 3 is 2.70 bits per heavy atom. The largest absolute Gasteiger partial charge is 0.495 e. The lowest BCUT2D eigenvalue weighted by Crippen LogP contribution is -2.16. The predicted molar refractivity (Wildman–Crippen MR) is 90.9 cm³/mol. The number of methoxy groups -OCH3 is 1. The number of fused-ring (bicyclic) bond motifs is 1. The molecule has 0 bridgehead atoms. The zero-order valence-corrected chi connectivity index (χ0v) is 13.9. The molecule has 1 amide bonds. The van der Waals surface area contributed by atoms with E-state index in [4.69, 9.17) is 27.9 Å². The topological polar surface area (TPSA) is 55.6 Å². The van der Waals surface area contributed by atoms with E-state index >= 15 is 0 Å². The highest BCUT2D eigenvalue weighted by molar-refractivity contribution is 6.31. The van der Waals surface area contributed by atoms with E-state index in [1.54, 1.807) is 47.9 Å². The highest BCUT2D eigenvalue weighted by Crippen LogP contribution is 2.28. The molecule has 2 heterocycles. The molecule has 118 valence electrons. The average molecular weight is 350 g/mol. The summed E-state index contributed by atoms with van der Waals surface area (Å²) in [6.07, 6.45) is 1.65. The van der Waals surface area contributed by atoms with Gasteiger partial charge in [-0.05, 0) is 37.3 Å². The van der Waals surface area contributed by atoms with Crippen molar-refractivity contribution in [3.8, 4) is 5.75 Å². The van der Waals surface area contributed by atoms with Crippen LogP contribution in [0.15, 0.2) is 36.5 Å². The minimum atomic E-state index is -0.321. The third kappa shape index (κ3) is 2.98. The summed E-state index contributed by atoms with van der Waals surface area (Å²) in [6, 6.07) is 8.49. The summed E-state index contributed by atoms with van der Waals surface area (Å²) in [5.41, 5.74) is 2.15. The van der Waals surface area contributed by atoms with Gasteiger partial charge in [-0.15, -0.1) is 0 Å². The number of aromatic nitrogens is 2. The molecule has 0 aliphatic rings. The van der Waals surface area contributed by atoms with Crippen molar-refractivity contribution in [1.82, 2.24) is 9.38 Å². The van der Waals surface area contributed by atoms with Gasteiger partial charge in [0.25, 0.3) is 5.91 Å². The van der Waals surface area contributed by atoms with Crippen LogP contribution in [0.1, 0.15) is 16.2 Å². The number of nitrogens with zero attached hydrogens (tertiary/aromatic N) is 2. The van der Waals surface area contributed by atoms with Crippen LogP contribution in [0, 0.1) is 6.92 Å². The van der Waals surface area contributed by atoms with Gasteiger partial charge in [-0.25, -0.2) is 4.98 Å². The molecule has 3 aromatic rings. The number of carbonyl (C=O) groups is 1. The molecule has 0 saturated heterocycles. The van der Waals surface area contributed by atoms with Crippen LogP contribution in [-0.4, -0.2) is 22.4 Å². The highest BCUT2D eigenvalue weighted by Gasteiger charge is 2.18. The van der Waals surface area contributed by atoms with E-state index in [0.717, 1.165) is 0 Å². The van der Waals surface area contributed by atoms with Crippen molar-refractivity contribution in [2.24, 2.45) is 0 Å². The third-order valence-electron chi connectivity index (χ3n) is 3.38. The van der Waals surface area contributed by atoms with Gasteiger partial charge >= 0.3 is 0 Å². The molecule has 7 heteroatoms. The Morgan fingerprint density at radius 1 is 1.22 bits per heavy atom. The fourth-order valence-corrected chi connectivity index (χ4v) is 2.70. The number of hydrogen-bond acceptors (Lipinski definition) is 3. The molecule has 2 aromatic heterocycles. The van der Waals surface area contributed by atoms with Crippen molar-refractivity contribution in [2.75, 3.05) is 12.4 Å². The molecule has 3 rings (SSSR count). The van der Waals surface area contributed by atoms with Crippen LogP contribution in [0.5, 0.6) is 5.75 Å². The third-order valence-corrected chi connectivity index (χ3v) is 3.84. The van der Waals surface area contributed by atoms with Crippen molar-refractivity contribution < 1.29 is 9.53 Å². The molecule has 1 aromatic carbocycles. The van der Waals surface area contributed by atoms with Crippen LogP contribution >= 0.6 is 23.2 Å². The first-order valence-electron chi connectivity index (χ1n) is 6.78. The van der Waals surface area contributed by atoms with Crippen LogP contribution in [0.2, 0.25) is 10.0 Å². The maximum atomic E-state index is 12.7. The van der Waals surface area contributed by atoms with Gasteiger partial charge in [0.1, 0.15) is 17.1 Å². The number of nitrogens with one attached hydrogen (secondary N) is 1. The van der Waals surface area contributed by atoms with Gasteiger partial charge in [-0.3, -0.25) is 9.20 Å². The zero-order chi connectivity index (χ0) is 16.6. The summed E-state index contributed by atoms with van der Waals surface area (Å²) < 4.78 is 6.90. The Kier molecular flexibility index (Phi) is 4.15. The van der Waals surface area contributed by atoms with Gasteiger partial charge in [0.2, 0.25) is 0 Å². The number of rotatable bonds is 3. The second-order valence-corrected chi connectivity index (χ2v) is 5.79. The van der Waals surface area contributed by atoms with E-state index in [1.165, 1.54) is 7.11 Å². The first-order valence-corrected chi connectivity index (χ1v) is 7.54. The minimum absolute atomic E-state index is 0.321. The van der Waals surface area contributed by atoms with Crippen LogP contribution in [0.25, 0.3) is 5.65 Å². The molecule has 0 aliphatic carbocycles. The van der Waals surface area contributed by atoms with Crippen LogP contribution < -0.4 is 10.1 Å². The molecular weight excluding hydrogens is 337 g/mol. The quantitative estimate of drug-likeness (QED) is 0.770. The van der Waals surface area contributed by atoms with Crippen LogP contribution in [-0.2, 0) is 0 Å². The lowest BCUT2D eigenvalue weighted by Gasteiger charge is -2.11. The van der Waals surface area contributed by atoms with Gasteiger partial charge in [0.05, 0.1) is 23.5 Å². The number of amides is 1. The Morgan fingerprint density at radius 2 is 1.96 bits per heavy atom. The smallest absolute Gasteiger partial charge is 0.274 e. The molecule has 5 nitrogen and oxygen atoms in total. The number of imidazole rings is 1. The summed E-state index contributed by atoms with van der Waals surface area (Å²) in [6.45, 7) is 1.77. The fraction of sp³-hybridized carbons (Fsp3) is 0.125. The van der Waals surface area contributed by atoms with Gasteiger partial charge < -0.3 is 10.1 Å². The fourth-order valence-electron chi connectivity index (χ4n) is 2.37. The Balaban J connectivity index is 2.03. The van der Waals surface area contributed by atoms with Crippen molar-refractivity contribution in [3.05, 3.63) is 58.0 Å². The molecular formula is C16H13Cl2N3O2. The summed E-state index contributed by atoms with van der Waals surface area (Å²) >= 11 is 12.0. The lowest BCUT2D eigenvalue weighted by molar-refractivity contribution is 0.102. The monoisotopic (exact) mass is 349 g/mol. The van der Waals surface area contributed by atoms with E-state index in [-0.39, 0.29) is 5.91 Å². The van der Waals surface area contributed by atoms with Gasteiger partial charge in [0, 0.05) is 11.2 Å². The number of carbonyl (C=O) groups excluding carboxylic acids is 1. The van der Waals surface area contributed by atoms with E-state index in [0.29, 0.717) is 38.5 Å². The Hall–Kier alpha value is -2.24. The van der Waals surface area contributed by atoms with E-state index in [2.05, 4.69) is 10.3 Å². The molecule has 23 heavy (non-hydrogen) atoms. The number of anilines is 1. The summed E-state index contributed by atoms with van der Waals surface area (Å²) in [5, 5.41) is 3.82. The van der Waals surface area contributed by atoms with Crippen molar-refractivity contribution >= 4 is 40.4 Å². The molecule has 0 fully saturated rings. The maximum absolute atomic E-state index is 12.7. The number of benzene rings is 1. The molecule has 0 saturated carbocycles. The first kappa shape index (κ1) is 15.6. The van der Waals surface area contributed by atoms with Gasteiger partial charge in [0.15, 0.2) is 0 Å². The second-order valence-electron chi connectivity index (χ2n) is 4.92. The Labute approximate surface area is 142 Å². The predicted octanol–water partition coefficient (Wildman–Crippen LogP) is 4.21. The molecule has 0 aliphatic heterocycles. The number of pyridine rings is 1. The van der Waals surface area contributed by atoms with Crippen molar-refractivity contribution in [3.63, 3.8) is 0 Å². The number of aryl methyl sites for hydroxylation is 1. The zero-order valence-electron chi connectivity index (χ0n) is 12.4. The van der Waals surface area contributed by atoms with Crippen molar-refractivity contribution in [2.45, 2.75) is 6.92 Å². The number of hydrogen-bond donors (Lipinski definition) is 1. The normalized spacial score (nSPS) is 10.8. The second kappa shape index (κ2) is 6.10. The summed E-state index contributed by atoms with van der Waals surface area (Å²) in [7, 11) is 1.53. The number of ether oxygens (including phenoxy) is 1. The van der Waals surface area contributed by atoms with E-state index in [9.17, 15) is 4.79 Å². The minimum Gasteiger partial charge on any atom is -0.495 e. The standard InChI is InChI=1S/C16H13Cl2N3O2/c1-9-15(21-8-11(18)4-6-14(21)19-9)16(22)20-12-7-10(17)3-5-13(12)23-2/h3-8H,1-2H3,(H,20,22). The summed E-state index contributed by atoms with van der Waals surface area (Å²) in [4.78, 5) is 17.1. The molecule has 0 radical (unpaired) electrons. The summed E-state index contributed by atoms with van der Waals surface area (Å²) in [5.74, 6) is 0.199. The maximum Gasteiger partial charge on any atom is 0.274 e. The number of halogens is 2. The lowest BCUT2D eigenvalue weighted by atomic mass is 10.2. The van der Waals surface area contributed by atoms with E-state index < -0.39 is 0 Å². The average Bonchev–Trinajstić information content (AvgIpc) is 2.82. The SMILES string of the molecule is COc1ccc(Cl)cc1NC(=O)c1c(C)nc2ccc(Cl)cn12.